The van der Waals surface area contributed by atoms with Crippen LogP contribution in [0, 0.1) is 0 Å². The smallest absolute Gasteiger partial charge is 0.268 e. The van der Waals surface area contributed by atoms with Crippen LogP contribution in [-0.2, 0) is 0 Å². The fraction of sp³-hybridized carbons (Fsp3) is 0. The van der Waals surface area contributed by atoms with Gasteiger partial charge in [0.25, 0.3) is 23.6 Å². The first-order valence-electron chi connectivity index (χ1n) is 8.46. The molecule has 4 amide bonds. The second-order valence-corrected chi connectivity index (χ2v) is 6.73. The minimum atomic E-state index is -0.592. The van der Waals surface area contributed by atoms with Crippen molar-refractivity contribution in [1.29, 1.82) is 0 Å². The number of aromatic nitrogens is 2. The lowest BCUT2D eigenvalue weighted by molar-refractivity contribution is 0.0908. The normalized spacial score (nSPS) is 15.2. The largest absolute Gasteiger partial charge is 0.284 e. The summed E-state index contributed by atoms with van der Waals surface area (Å²) in [5.74, 6) is -2.23. The van der Waals surface area contributed by atoms with Crippen molar-refractivity contribution < 1.29 is 19.2 Å². The number of anilines is 2. The predicted molar refractivity (Wildman–Crippen MR) is 102 cm³/mol. The van der Waals surface area contributed by atoms with Crippen LogP contribution in [0.25, 0.3) is 0 Å². The molecule has 0 bridgehead atoms. The van der Waals surface area contributed by atoms with Gasteiger partial charge in [0.2, 0.25) is 0 Å². The van der Waals surface area contributed by atoms with Crippen LogP contribution in [0.4, 0.5) is 11.4 Å². The number of hydrogen-bond donors (Lipinski definition) is 0. The van der Waals surface area contributed by atoms with Gasteiger partial charge in [-0.3, -0.25) is 29.1 Å². The van der Waals surface area contributed by atoms with Crippen LogP contribution in [0.2, 0.25) is 5.02 Å². The average molecular weight is 405 g/mol. The van der Waals surface area contributed by atoms with Crippen LogP contribution in [-0.4, -0.2) is 33.6 Å². The molecule has 0 spiro atoms. The molecule has 1 aromatic carbocycles. The quantitative estimate of drug-likeness (QED) is 0.609. The maximum atomic E-state index is 12.6. The Balaban J connectivity index is 1.53. The molecule has 29 heavy (non-hydrogen) atoms. The van der Waals surface area contributed by atoms with Crippen LogP contribution in [0.3, 0.4) is 0 Å². The van der Waals surface area contributed by atoms with Gasteiger partial charge in [-0.1, -0.05) is 11.6 Å². The highest BCUT2D eigenvalue weighted by atomic mass is 35.5. The maximum Gasteiger partial charge on any atom is 0.284 e. The summed E-state index contributed by atoms with van der Waals surface area (Å²) in [5, 5.41) is 0.0292. The minimum Gasteiger partial charge on any atom is -0.268 e. The molecule has 0 saturated carbocycles. The van der Waals surface area contributed by atoms with Gasteiger partial charge in [0.1, 0.15) is 11.4 Å². The third-order valence-corrected chi connectivity index (χ3v) is 5.03. The van der Waals surface area contributed by atoms with Gasteiger partial charge >= 0.3 is 0 Å². The molecule has 2 aromatic heterocycles. The van der Waals surface area contributed by atoms with Crippen molar-refractivity contribution in [1.82, 2.24) is 9.97 Å². The number of imide groups is 2. The highest BCUT2D eigenvalue weighted by Gasteiger charge is 2.40. The predicted octanol–water partition coefficient (Wildman–Crippen LogP) is 2.73. The second kappa shape index (κ2) is 6.05. The standard InChI is InChI=1S/C20H9ClN4O4/c21-13-9-10(24-17(26)11-3-1-7-22-15(11)19(24)28)5-6-14(13)25-18(27)12-4-2-8-23-16(12)20(25)29/h1-9H. The summed E-state index contributed by atoms with van der Waals surface area (Å²) in [5.41, 5.74) is 0.834. The Hall–Kier alpha value is -3.91. The Morgan fingerprint density at radius 1 is 0.690 bits per heavy atom. The van der Waals surface area contributed by atoms with Gasteiger partial charge in [-0.15, -0.1) is 0 Å². The van der Waals surface area contributed by atoms with Crippen molar-refractivity contribution in [2.24, 2.45) is 0 Å². The minimum absolute atomic E-state index is 0.0292. The van der Waals surface area contributed by atoms with Gasteiger partial charge in [-0.2, -0.15) is 0 Å². The topological polar surface area (TPSA) is 101 Å². The first-order chi connectivity index (χ1) is 14.0. The number of nitrogens with zero attached hydrogens (tertiary/aromatic N) is 4. The van der Waals surface area contributed by atoms with Crippen LogP contribution in [0.1, 0.15) is 41.7 Å². The summed E-state index contributed by atoms with van der Waals surface area (Å²) in [7, 11) is 0. The van der Waals surface area contributed by atoms with E-state index in [9.17, 15) is 19.2 Å². The summed E-state index contributed by atoms with van der Waals surface area (Å²) < 4.78 is 0. The number of halogens is 1. The zero-order valence-corrected chi connectivity index (χ0v) is 15.3. The molecule has 0 unspecified atom stereocenters. The third kappa shape index (κ3) is 2.33. The lowest BCUT2D eigenvalue weighted by Gasteiger charge is -2.19. The van der Waals surface area contributed by atoms with E-state index in [4.69, 9.17) is 11.6 Å². The summed E-state index contributed by atoms with van der Waals surface area (Å²) >= 11 is 6.34. The summed E-state index contributed by atoms with van der Waals surface area (Å²) in [6.07, 6.45) is 2.86. The van der Waals surface area contributed by atoms with E-state index in [0.29, 0.717) is 0 Å². The van der Waals surface area contributed by atoms with E-state index in [0.717, 1.165) is 9.80 Å². The summed E-state index contributed by atoms with van der Waals surface area (Å²) in [6, 6.07) is 10.4. The molecule has 8 nitrogen and oxygen atoms in total. The van der Waals surface area contributed by atoms with Gasteiger partial charge < -0.3 is 0 Å². The zero-order valence-electron chi connectivity index (χ0n) is 14.5. The van der Waals surface area contributed by atoms with Crippen molar-refractivity contribution in [2.75, 3.05) is 9.80 Å². The molecule has 0 atom stereocenters. The zero-order chi connectivity index (χ0) is 20.3. The summed E-state index contributed by atoms with van der Waals surface area (Å²) in [4.78, 5) is 60.2. The monoisotopic (exact) mass is 404 g/mol. The van der Waals surface area contributed by atoms with Crippen molar-refractivity contribution in [3.05, 3.63) is 82.4 Å². The van der Waals surface area contributed by atoms with E-state index in [1.54, 1.807) is 12.1 Å². The van der Waals surface area contributed by atoms with Crippen molar-refractivity contribution >= 4 is 46.6 Å². The number of benzene rings is 1. The Kier molecular flexibility index (Phi) is 3.59. The third-order valence-electron chi connectivity index (χ3n) is 4.72. The maximum absolute atomic E-state index is 12.6. The van der Waals surface area contributed by atoms with Crippen molar-refractivity contribution in [3.63, 3.8) is 0 Å². The van der Waals surface area contributed by atoms with Gasteiger partial charge in [0.15, 0.2) is 0 Å². The number of pyridine rings is 2. The Morgan fingerprint density at radius 2 is 1.24 bits per heavy atom. The molecule has 2 aliphatic rings. The number of rotatable bonds is 2. The molecule has 0 fully saturated rings. The molecular formula is C20H9ClN4O4. The van der Waals surface area contributed by atoms with Crippen LogP contribution in [0.15, 0.2) is 54.9 Å². The number of fused-ring (bicyclic) bond motifs is 2. The van der Waals surface area contributed by atoms with E-state index < -0.39 is 23.6 Å². The molecule has 2 aliphatic heterocycles. The molecule has 0 N–H and O–H groups in total. The Bertz CT molecular complexity index is 1200. The van der Waals surface area contributed by atoms with E-state index >= 15 is 0 Å². The number of hydrogen-bond acceptors (Lipinski definition) is 6. The summed E-state index contributed by atoms with van der Waals surface area (Å²) in [6.45, 7) is 0. The molecular weight excluding hydrogens is 396 g/mol. The van der Waals surface area contributed by atoms with E-state index in [-0.39, 0.29) is 38.9 Å². The van der Waals surface area contributed by atoms with Gasteiger partial charge in [0, 0.05) is 12.4 Å². The molecule has 9 heteroatoms. The van der Waals surface area contributed by atoms with Crippen molar-refractivity contribution in [2.45, 2.75) is 0 Å². The fourth-order valence-corrected chi connectivity index (χ4v) is 3.66. The van der Waals surface area contributed by atoms with Crippen molar-refractivity contribution in [3.8, 4) is 0 Å². The SMILES string of the molecule is O=C1c2cccnc2C(=O)N1c1ccc(N2C(=O)c3cccnc3C2=O)c(Cl)c1. The Labute approximate surface area is 168 Å². The molecule has 140 valence electrons. The molecule has 4 heterocycles. The van der Waals surface area contributed by atoms with E-state index in [1.165, 1.54) is 42.7 Å². The van der Waals surface area contributed by atoms with Crippen LogP contribution in [0.5, 0.6) is 0 Å². The first-order valence-corrected chi connectivity index (χ1v) is 8.84. The van der Waals surface area contributed by atoms with E-state index in [1.807, 2.05) is 0 Å². The number of carbonyl (C=O) groups is 4. The van der Waals surface area contributed by atoms with Crippen LogP contribution >= 0.6 is 11.6 Å². The van der Waals surface area contributed by atoms with Crippen LogP contribution < -0.4 is 9.80 Å². The first kappa shape index (κ1) is 17.2. The highest BCUT2D eigenvalue weighted by molar-refractivity contribution is 6.40. The molecule has 0 saturated heterocycles. The lowest BCUT2D eigenvalue weighted by atomic mass is 10.2. The number of carbonyl (C=O) groups excluding carboxylic acids is 4. The van der Waals surface area contributed by atoms with Gasteiger partial charge in [-0.25, -0.2) is 9.80 Å². The molecule has 3 aromatic rings. The highest BCUT2D eigenvalue weighted by Crippen LogP contribution is 2.36. The second-order valence-electron chi connectivity index (χ2n) is 6.33. The van der Waals surface area contributed by atoms with E-state index in [2.05, 4.69) is 9.97 Å². The molecule has 0 aliphatic carbocycles. The molecule has 5 rings (SSSR count). The fourth-order valence-electron chi connectivity index (χ4n) is 3.40. The Morgan fingerprint density at radius 3 is 1.79 bits per heavy atom. The molecule has 0 radical (unpaired) electrons. The van der Waals surface area contributed by atoms with Gasteiger partial charge in [0.05, 0.1) is 27.5 Å². The number of amides is 4. The van der Waals surface area contributed by atoms with Gasteiger partial charge in [-0.05, 0) is 42.5 Å². The average Bonchev–Trinajstić information content (AvgIpc) is 3.14. The lowest BCUT2D eigenvalue weighted by Crippen LogP contribution is -2.31.